The van der Waals surface area contributed by atoms with Crippen molar-refractivity contribution < 1.29 is 0 Å². The lowest BCUT2D eigenvalue weighted by Crippen LogP contribution is -2.25. The molecular weight excluding hydrogens is 442 g/mol. The third-order valence-corrected chi connectivity index (χ3v) is 7.07. The van der Waals surface area contributed by atoms with E-state index in [9.17, 15) is 4.79 Å². The Hall–Kier alpha value is -3.58. The van der Waals surface area contributed by atoms with E-state index in [1.54, 1.807) is 11.8 Å². The molecule has 1 N–H and O–H groups in total. The predicted molar refractivity (Wildman–Crippen MR) is 140 cm³/mol. The molecule has 0 fully saturated rings. The van der Waals surface area contributed by atoms with Crippen LogP contribution in [-0.4, -0.2) is 19.5 Å². The summed E-state index contributed by atoms with van der Waals surface area (Å²) in [4.78, 5) is 27.7. The molecule has 6 nitrogen and oxygen atoms in total. The van der Waals surface area contributed by atoms with Crippen LogP contribution in [-0.2, 0) is 6.42 Å². The van der Waals surface area contributed by atoms with E-state index in [4.69, 9.17) is 0 Å². The summed E-state index contributed by atoms with van der Waals surface area (Å²) in [5.74, 6) is 1.25. The molecule has 0 aliphatic rings. The maximum absolute atomic E-state index is 13.8. The van der Waals surface area contributed by atoms with Crippen molar-refractivity contribution in [3.05, 3.63) is 88.0 Å². The predicted octanol–water partition coefficient (Wildman–Crippen LogP) is 6.15. The molecule has 5 rings (SSSR count). The van der Waals surface area contributed by atoms with Crippen molar-refractivity contribution in [3.8, 4) is 5.69 Å². The van der Waals surface area contributed by atoms with E-state index in [1.807, 2.05) is 47.9 Å². The van der Waals surface area contributed by atoms with Crippen molar-refractivity contribution >= 4 is 38.3 Å². The first-order valence-electron chi connectivity index (χ1n) is 11.6. The van der Waals surface area contributed by atoms with Crippen molar-refractivity contribution in [2.45, 2.75) is 39.7 Å². The highest BCUT2D eigenvalue weighted by Gasteiger charge is 2.18. The van der Waals surface area contributed by atoms with Crippen LogP contribution in [0, 0.1) is 5.92 Å². The molecule has 3 heterocycles. The molecule has 5 aromatic rings. The number of hydrogen-bond acceptors (Lipinski definition) is 6. The van der Waals surface area contributed by atoms with Gasteiger partial charge >= 0.3 is 0 Å². The van der Waals surface area contributed by atoms with Crippen LogP contribution in [0.5, 0.6) is 0 Å². The quantitative estimate of drug-likeness (QED) is 0.309. The van der Waals surface area contributed by atoms with E-state index in [2.05, 4.69) is 52.3 Å². The summed E-state index contributed by atoms with van der Waals surface area (Å²) in [6.45, 7) is 6.51. The molecule has 0 spiro atoms. The Morgan fingerprint density at radius 1 is 1.03 bits per heavy atom. The van der Waals surface area contributed by atoms with Crippen molar-refractivity contribution in [1.29, 1.82) is 0 Å². The second kappa shape index (κ2) is 9.35. The summed E-state index contributed by atoms with van der Waals surface area (Å²) in [6, 6.07) is 18.0. The van der Waals surface area contributed by atoms with Gasteiger partial charge in [-0.2, -0.15) is 0 Å². The smallest absolute Gasteiger partial charge is 0.263 e. The van der Waals surface area contributed by atoms with Gasteiger partial charge in [-0.3, -0.25) is 9.36 Å². The highest BCUT2D eigenvalue weighted by molar-refractivity contribution is 7.16. The number of nitrogens with one attached hydrogen (secondary N) is 1. The topological polar surface area (TPSA) is 72.7 Å². The fourth-order valence-electron chi connectivity index (χ4n) is 4.31. The van der Waals surface area contributed by atoms with Crippen LogP contribution in [0.3, 0.4) is 0 Å². The van der Waals surface area contributed by atoms with Gasteiger partial charge in [0, 0.05) is 16.8 Å². The summed E-state index contributed by atoms with van der Waals surface area (Å²) in [5.41, 5.74) is 5.46. The second-order valence-electron chi connectivity index (χ2n) is 8.78. The van der Waals surface area contributed by atoms with Gasteiger partial charge in [-0.05, 0) is 54.5 Å². The second-order valence-corrected chi connectivity index (χ2v) is 9.61. The number of hydrogen-bond donors (Lipinski definition) is 1. The van der Waals surface area contributed by atoms with Gasteiger partial charge < -0.3 is 5.32 Å². The summed E-state index contributed by atoms with van der Waals surface area (Å²) >= 11 is 1.48. The van der Waals surface area contributed by atoms with E-state index < -0.39 is 0 Å². The molecule has 0 radical (unpaired) electrons. The molecule has 0 saturated carbocycles. The molecule has 34 heavy (non-hydrogen) atoms. The molecule has 0 aliphatic heterocycles. The van der Waals surface area contributed by atoms with Gasteiger partial charge in [0.2, 0.25) is 0 Å². The summed E-state index contributed by atoms with van der Waals surface area (Å²) in [5, 5.41) is 5.10. The van der Waals surface area contributed by atoms with Crippen molar-refractivity contribution in [3.63, 3.8) is 0 Å². The lowest BCUT2D eigenvalue weighted by Gasteiger charge is -2.22. The monoisotopic (exact) mass is 469 g/mol. The standard InChI is InChI=1S/C27H27N5OS/c1-4-17(2)12-19-8-7-10-21(13-19)32-23(14-20-9-5-6-11-22(20)27(32)33)18(3)31-25-24-26(29-15-28-25)34-16-30-24/h5-11,13-18H,4,12H2,1-3H3,(H,28,29,31). The van der Waals surface area contributed by atoms with Crippen LogP contribution in [0.15, 0.2) is 71.2 Å². The maximum Gasteiger partial charge on any atom is 0.263 e. The number of nitrogens with zero attached hydrogens (tertiary/aromatic N) is 4. The average molecular weight is 470 g/mol. The Kier molecular flexibility index (Phi) is 6.11. The van der Waals surface area contributed by atoms with Crippen LogP contribution in [0.4, 0.5) is 5.82 Å². The summed E-state index contributed by atoms with van der Waals surface area (Å²) in [6.07, 6.45) is 3.65. The fraction of sp³-hybridized carbons (Fsp3) is 0.259. The van der Waals surface area contributed by atoms with E-state index >= 15 is 0 Å². The van der Waals surface area contributed by atoms with Crippen LogP contribution in [0.2, 0.25) is 0 Å². The number of benzene rings is 2. The van der Waals surface area contributed by atoms with Crippen LogP contribution in [0.25, 0.3) is 26.8 Å². The highest BCUT2D eigenvalue weighted by Crippen LogP contribution is 2.27. The van der Waals surface area contributed by atoms with Gasteiger partial charge in [-0.25, -0.2) is 15.0 Å². The van der Waals surface area contributed by atoms with Crippen molar-refractivity contribution in [2.75, 3.05) is 5.32 Å². The molecule has 2 unspecified atom stereocenters. The summed E-state index contributed by atoms with van der Waals surface area (Å²) in [7, 11) is 0. The Balaban J connectivity index is 1.64. The molecule has 7 heteroatoms. The number of aromatic nitrogens is 4. The molecular formula is C27H27N5OS. The van der Waals surface area contributed by atoms with Crippen LogP contribution < -0.4 is 10.9 Å². The van der Waals surface area contributed by atoms with E-state index in [0.29, 0.717) is 17.1 Å². The lowest BCUT2D eigenvalue weighted by molar-refractivity contribution is 0.560. The zero-order valence-electron chi connectivity index (χ0n) is 19.5. The number of rotatable bonds is 7. The maximum atomic E-state index is 13.8. The Morgan fingerprint density at radius 2 is 1.88 bits per heavy atom. The van der Waals surface area contributed by atoms with E-state index in [0.717, 1.165) is 40.0 Å². The normalized spacial score (nSPS) is 13.3. The first kappa shape index (κ1) is 22.2. The van der Waals surface area contributed by atoms with Gasteiger partial charge in [0.05, 0.1) is 11.6 Å². The molecule has 0 saturated heterocycles. The largest absolute Gasteiger partial charge is 0.360 e. The van der Waals surface area contributed by atoms with Crippen LogP contribution >= 0.6 is 11.3 Å². The molecule has 2 aromatic carbocycles. The Morgan fingerprint density at radius 3 is 2.74 bits per heavy atom. The SMILES string of the molecule is CCC(C)Cc1cccc(-n2c(C(C)Nc3ncnc4scnc34)cc3ccccc3c2=O)c1. The molecule has 0 bridgehead atoms. The summed E-state index contributed by atoms with van der Waals surface area (Å²) < 4.78 is 1.83. The molecule has 0 amide bonds. The van der Waals surface area contributed by atoms with Gasteiger partial charge in [0.25, 0.3) is 5.56 Å². The third-order valence-electron chi connectivity index (χ3n) is 6.34. The average Bonchev–Trinajstić information content (AvgIpc) is 3.34. The third kappa shape index (κ3) is 4.19. The Labute approximate surface area is 202 Å². The van der Waals surface area contributed by atoms with Gasteiger partial charge in [0.1, 0.15) is 16.7 Å². The number of pyridine rings is 1. The highest BCUT2D eigenvalue weighted by atomic mass is 32.1. The minimum Gasteiger partial charge on any atom is -0.360 e. The minimum atomic E-state index is -0.199. The van der Waals surface area contributed by atoms with E-state index in [1.165, 1.54) is 16.9 Å². The number of anilines is 1. The molecule has 172 valence electrons. The number of fused-ring (bicyclic) bond motifs is 2. The lowest BCUT2D eigenvalue weighted by atomic mass is 9.98. The van der Waals surface area contributed by atoms with Crippen molar-refractivity contribution in [1.82, 2.24) is 19.5 Å². The molecule has 3 aromatic heterocycles. The van der Waals surface area contributed by atoms with Crippen molar-refractivity contribution in [2.24, 2.45) is 5.92 Å². The fourth-order valence-corrected chi connectivity index (χ4v) is 4.94. The zero-order valence-corrected chi connectivity index (χ0v) is 20.3. The minimum absolute atomic E-state index is 0.0241. The number of thiazole rings is 1. The van der Waals surface area contributed by atoms with Gasteiger partial charge in [-0.1, -0.05) is 50.6 Å². The zero-order chi connectivity index (χ0) is 23.7. The molecule has 2 atom stereocenters. The molecule has 0 aliphatic carbocycles. The first-order valence-corrected chi connectivity index (χ1v) is 12.5. The van der Waals surface area contributed by atoms with Crippen LogP contribution in [0.1, 0.15) is 44.5 Å². The first-order chi connectivity index (χ1) is 16.5. The van der Waals surface area contributed by atoms with E-state index in [-0.39, 0.29) is 11.6 Å². The van der Waals surface area contributed by atoms with Gasteiger partial charge in [0.15, 0.2) is 5.82 Å². The van der Waals surface area contributed by atoms with Gasteiger partial charge in [-0.15, -0.1) is 11.3 Å². The Bertz CT molecular complexity index is 1520.